The van der Waals surface area contributed by atoms with E-state index in [9.17, 15) is 9.59 Å². The number of benzene rings is 2. The first-order valence-electron chi connectivity index (χ1n) is 8.97. The quantitative estimate of drug-likeness (QED) is 0.621. The highest BCUT2D eigenvalue weighted by molar-refractivity contribution is 6.07. The maximum atomic E-state index is 12.5. The molecule has 3 rings (SSSR count). The Bertz CT molecular complexity index is 999. The summed E-state index contributed by atoms with van der Waals surface area (Å²) in [5, 5.41) is 5.92. The van der Waals surface area contributed by atoms with Gasteiger partial charge in [-0.2, -0.15) is 0 Å². The summed E-state index contributed by atoms with van der Waals surface area (Å²) in [5.41, 5.74) is 3.04. The first-order valence-corrected chi connectivity index (χ1v) is 8.97. The van der Waals surface area contributed by atoms with Crippen LogP contribution in [-0.2, 0) is 4.74 Å². The molecule has 1 amide bonds. The van der Waals surface area contributed by atoms with Crippen LogP contribution >= 0.6 is 0 Å². The number of rotatable bonds is 6. The molecule has 2 aromatic carbocycles. The van der Waals surface area contributed by atoms with Crippen molar-refractivity contribution in [1.82, 2.24) is 4.98 Å². The zero-order valence-corrected chi connectivity index (χ0v) is 16.5. The minimum Gasteiger partial charge on any atom is -0.465 e. The van der Waals surface area contributed by atoms with E-state index in [0.717, 1.165) is 11.4 Å². The predicted octanol–water partition coefficient (Wildman–Crippen LogP) is 3.93. The van der Waals surface area contributed by atoms with Crippen molar-refractivity contribution in [1.29, 1.82) is 0 Å². The number of methoxy groups -OCH3 is 1. The van der Waals surface area contributed by atoms with Gasteiger partial charge in [0.1, 0.15) is 5.82 Å². The third-order valence-corrected chi connectivity index (χ3v) is 4.26. The lowest BCUT2D eigenvalue weighted by Gasteiger charge is -2.13. The molecule has 0 unspecified atom stereocenters. The van der Waals surface area contributed by atoms with E-state index in [4.69, 9.17) is 4.74 Å². The van der Waals surface area contributed by atoms with E-state index < -0.39 is 5.97 Å². The second kappa shape index (κ2) is 8.88. The van der Waals surface area contributed by atoms with Crippen LogP contribution in [0.3, 0.4) is 0 Å². The molecule has 7 heteroatoms. The number of ether oxygens (including phenoxy) is 1. The number of para-hydroxylation sites is 1. The maximum Gasteiger partial charge on any atom is 0.339 e. The molecule has 0 radical (unpaired) electrons. The van der Waals surface area contributed by atoms with E-state index in [-0.39, 0.29) is 11.5 Å². The van der Waals surface area contributed by atoms with E-state index in [0.29, 0.717) is 17.1 Å². The van der Waals surface area contributed by atoms with Crippen LogP contribution in [0.4, 0.5) is 22.9 Å². The van der Waals surface area contributed by atoms with Gasteiger partial charge in [0.15, 0.2) is 0 Å². The highest BCUT2D eigenvalue weighted by atomic mass is 16.5. The van der Waals surface area contributed by atoms with Gasteiger partial charge in [0.25, 0.3) is 5.91 Å². The van der Waals surface area contributed by atoms with Crippen LogP contribution in [0.2, 0.25) is 0 Å². The lowest BCUT2D eigenvalue weighted by atomic mass is 10.1. The van der Waals surface area contributed by atoms with E-state index in [1.807, 2.05) is 43.3 Å². The first kappa shape index (κ1) is 19.9. The molecule has 0 spiro atoms. The fourth-order valence-corrected chi connectivity index (χ4v) is 2.67. The van der Waals surface area contributed by atoms with Crippen LogP contribution < -0.4 is 15.5 Å². The van der Waals surface area contributed by atoms with Gasteiger partial charge in [0, 0.05) is 31.7 Å². The highest BCUT2D eigenvalue weighted by Crippen LogP contribution is 2.20. The molecule has 0 saturated heterocycles. The molecular weight excluding hydrogens is 368 g/mol. The van der Waals surface area contributed by atoms with Crippen molar-refractivity contribution in [2.45, 2.75) is 0 Å². The number of nitrogens with zero attached hydrogens (tertiary/aromatic N) is 2. The largest absolute Gasteiger partial charge is 0.465 e. The summed E-state index contributed by atoms with van der Waals surface area (Å²) in [7, 11) is 5.26. The average molecular weight is 390 g/mol. The number of carbonyl (C=O) groups excluding carboxylic acids is 2. The molecule has 2 N–H and O–H groups in total. The van der Waals surface area contributed by atoms with Crippen LogP contribution in [0.25, 0.3) is 0 Å². The van der Waals surface area contributed by atoms with Gasteiger partial charge in [-0.05, 0) is 48.5 Å². The van der Waals surface area contributed by atoms with Crippen molar-refractivity contribution >= 4 is 34.8 Å². The Kier molecular flexibility index (Phi) is 6.09. The molecule has 1 heterocycles. The van der Waals surface area contributed by atoms with Gasteiger partial charge < -0.3 is 20.3 Å². The maximum absolute atomic E-state index is 12.5. The molecule has 0 aliphatic carbocycles. The van der Waals surface area contributed by atoms with Crippen LogP contribution in [0, 0.1) is 0 Å². The van der Waals surface area contributed by atoms with Gasteiger partial charge in [-0.25, -0.2) is 9.78 Å². The van der Waals surface area contributed by atoms with Crippen molar-refractivity contribution in [3.63, 3.8) is 0 Å². The molecule has 148 valence electrons. The lowest BCUT2D eigenvalue weighted by Crippen LogP contribution is -2.15. The predicted molar refractivity (Wildman–Crippen MR) is 114 cm³/mol. The van der Waals surface area contributed by atoms with Gasteiger partial charge in [-0.1, -0.05) is 12.1 Å². The molecule has 0 saturated carbocycles. The Morgan fingerprint density at radius 3 is 2.31 bits per heavy atom. The Labute approximate surface area is 169 Å². The number of aromatic nitrogens is 1. The van der Waals surface area contributed by atoms with Crippen LogP contribution in [0.5, 0.6) is 0 Å². The summed E-state index contributed by atoms with van der Waals surface area (Å²) in [5.74, 6) is -0.260. The van der Waals surface area contributed by atoms with Gasteiger partial charge in [-0.3, -0.25) is 4.79 Å². The molecule has 0 aliphatic rings. The van der Waals surface area contributed by atoms with Crippen LogP contribution in [0.15, 0.2) is 66.9 Å². The minimum atomic E-state index is -0.515. The van der Waals surface area contributed by atoms with E-state index >= 15 is 0 Å². The molecule has 3 aromatic rings. The number of amides is 1. The SMILES string of the molecule is COC(=O)c1ccccc1NC(=O)c1ccc(Nc2ccc(N(C)C)cc2)nc1. The molecule has 7 nitrogen and oxygen atoms in total. The summed E-state index contributed by atoms with van der Waals surface area (Å²) in [6.45, 7) is 0. The van der Waals surface area contributed by atoms with Crippen LogP contribution in [-0.4, -0.2) is 38.1 Å². The molecule has 0 fully saturated rings. The number of pyridine rings is 1. The zero-order chi connectivity index (χ0) is 20.8. The molecule has 1 aromatic heterocycles. The summed E-state index contributed by atoms with van der Waals surface area (Å²) in [6, 6.07) is 18.0. The number of hydrogen-bond donors (Lipinski definition) is 2. The lowest BCUT2D eigenvalue weighted by molar-refractivity contribution is 0.0602. The summed E-state index contributed by atoms with van der Waals surface area (Å²) < 4.78 is 4.74. The molecule has 0 atom stereocenters. The number of anilines is 4. The van der Waals surface area contributed by atoms with Crippen molar-refractivity contribution < 1.29 is 14.3 Å². The average Bonchev–Trinajstić information content (AvgIpc) is 2.74. The molecular formula is C22H22N4O3. The van der Waals surface area contributed by atoms with Gasteiger partial charge >= 0.3 is 5.97 Å². The fraction of sp³-hybridized carbons (Fsp3) is 0.136. The third-order valence-electron chi connectivity index (χ3n) is 4.26. The Hall–Kier alpha value is -3.87. The Morgan fingerprint density at radius 1 is 0.966 bits per heavy atom. The normalized spacial score (nSPS) is 10.2. The highest BCUT2D eigenvalue weighted by Gasteiger charge is 2.14. The van der Waals surface area contributed by atoms with E-state index in [2.05, 4.69) is 15.6 Å². The van der Waals surface area contributed by atoms with Crippen molar-refractivity contribution in [2.75, 3.05) is 36.7 Å². The van der Waals surface area contributed by atoms with Gasteiger partial charge in [0.2, 0.25) is 0 Å². The van der Waals surface area contributed by atoms with Crippen molar-refractivity contribution in [3.8, 4) is 0 Å². The van der Waals surface area contributed by atoms with Gasteiger partial charge in [0.05, 0.1) is 23.9 Å². The number of hydrogen-bond acceptors (Lipinski definition) is 6. The Balaban J connectivity index is 1.68. The van der Waals surface area contributed by atoms with Gasteiger partial charge in [-0.15, -0.1) is 0 Å². The standard InChI is InChI=1S/C22H22N4O3/c1-26(2)17-11-9-16(10-12-17)24-20-13-8-15(14-23-20)21(27)25-19-7-5-4-6-18(19)22(28)29-3/h4-14H,1-3H3,(H,23,24)(H,25,27). The minimum absolute atomic E-state index is 0.288. The third kappa shape index (κ3) is 4.90. The topological polar surface area (TPSA) is 83.6 Å². The zero-order valence-electron chi connectivity index (χ0n) is 16.5. The molecule has 0 aliphatic heterocycles. The second-order valence-electron chi connectivity index (χ2n) is 6.49. The second-order valence-corrected chi connectivity index (χ2v) is 6.49. The monoisotopic (exact) mass is 390 g/mol. The van der Waals surface area contributed by atoms with E-state index in [1.165, 1.54) is 13.3 Å². The van der Waals surface area contributed by atoms with E-state index in [1.54, 1.807) is 36.4 Å². The fourth-order valence-electron chi connectivity index (χ4n) is 2.67. The summed E-state index contributed by atoms with van der Waals surface area (Å²) in [6.07, 6.45) is 1.48. The smallest absolute Gasteiger partial charge is 0.339 e. The summed E-state index contributed by atoms with van der Waals surface area (Å²) >= 11 is 0. The number of nitrogens with one attached hydrogen (secondary N) is 2. The number of esters is 1. The van der Waals surface area contributed by atoms with Crippen molar-refractivity contribution in [3.05, 3.63) is 78.0 Å². The summed E-state index contributed by atoms with van der Waals surface area (Å²) in [4.78, 5) is 30.7. The first-order chi connectivity index (χ1) is 14.0. The molecule has 29 heavy (non-hydrogen) atoms. The Morgan fingerprint density at radius 2 is 1.69 bits per heavy atom. The van der Waals surface area contributed by atoms with Crippen LogP contribution in [0.1, 0.15) is 20.7 Å². The molecule has 0 bridgehead atoms. The van der Waals surface area contributed by atoms with Crippen molar-refractivity contribution in [2.24, 2.45) is 0 Å². The number of carbonyl (C=O) groups is 2.